The van der Waals surface area contributed by atoms with E-state index in [4.69, 9.17) is 16.3 Å². The number of nitrogens with one attached hydrogen (secondary N) is 1. The van der Waals surface area contributed by atoms with Gasteiger partial charge in [-0.2, -0.15) is 0 Å². The van der Waals surface area contributed by atoms with E-state index in [1.165, 1.54) is 4.57 Å². The number of hydrogen-bond acceptors (Lipinski definition) is 3. The molecule has 0 aliphatic heterocycles. The summed E-state index contributed by atoms with van der Waals surface area (Å²) in [5.41, 5.74) is -0.669. The Labute approximate surface area is 112 Å². The first kappa shape index (κ1) is 15.2. The Morgan fingerprint density at radius 1 is 1.33 bits per heavy atom. The molecule has 7 heteroatoms. The van der Waals surface area contributed by atoms with E-state index in [0.717, 1.165) is 6.04 Å². The van der Waals surface area contributed by atoms with Gasteiger partial charge in [0.15, 0.2) is 0 Å². The third-order valence-electron chi connectivity index (χ3n) is 2.57. The van der Waals surface area contributed by atoms with Crippen LogP contribution in [0.4, 0.5) is 0 Å². The first-order chi connectivity index (χ1) is 8.22. The summed E-state index contributed by atoms with van der Waals surface area (Å²) in [5.74, 6) is 0. The van der Waals surface area contributed by atoms with E-state index in [1.807, 2.05) is 0 Å². The Bertz CT molecular complexity index is 531. The summed E-state index contributed by atoms with van der Waals surface area (Å²) in [6.45, 7) is 8.98. The SMILES string of the molecule is Cc1c(Cl)n(COCC[Si](C)(C)C)c(=O)[nH]c1=O. The van der Waals surface area contributed by atoms with E-state index >= 15 is 0 Å². The predicted octanol–water partition coefficient (Wildman–Crippen LogP) is 1.81. The lowest BCUT2D eigenvalue weighted by Gasteiger charge is -2.16. The van der Waals surface area contributed by atoms with Crippen LogP contribution in [-0.4, -0.2) is 24.2 Å². The number of hydrogen-bond donors (Lipinski definition) is 1. The fourth-order valence-electron chi connectivity index (χ4n) is 1.29. The van der Waals surface area contributed by atoms with Gasteiger partial charge in [-0.1, -0.05) is 31.2 Å². The molecule has 0 amide bonds. The zero-order valence-corrected chi connectivity index (χ0v) is 12.9. The van der Waals surface area contributed by atoms with Crippen molar-refractivity contribution in [3.05, 3.63) is 31.6 Å². The van der Waals surface area contributed by atoms with E-state index in [-0.39, 0.29) is 11.9 Å². The summed E-state index contributed by atoms with van der Waals surface area (Å²) < 4.78 is 6.67. The van der Waals surface area contributed by atoms with E-state index in [9.17, 15) is 9.59 Å². The maximum absolute atomic E-state index is 11.6. The minimum Gasteiger partial charge on any atom is -0.361 e. The average molecular weight is 291 g/mol. The molecule has 0 spiro atoms. The van der Waals surface area contributed by atoms with Gasteiger partial charge in [0, 0.05) is 20.2 Å². The smallest absolute Gasteiger partial charge is 0.331 e. The molecule has 1 rings (SSSR count). The Kier molecular flexibility index (Phi) is 4.95. The van der Waals surface area contributed by atoms with Crippen LogP contribution in [0.3, 0.4) is 0 Å². The third-order valence-corrected chi connectivity index (χ3v) is 4.76. The van der Waals surface area contributed by atoms with Crippen molar-refractivity contribution in [2.75, 3.05) is 6.61 Å². The van der Waals surface area contributed by atoms with Gasteiger partial charge in [0.05, 0.1) is 0 Å². The van der Waals surface area contributed by atoms with Crippen molar-refractivity contribution in [2.24, 2.45) is 0 Å². The third kappa shape index (κ3) is 4.11. The van der Waals surface area contributed by atoms with Crippen molar-refractivity contribution in [1.82, 2.24) is 9.55 Å². The Morgan fingerprint density at radius 3 is 2.50 bits per heavy atom. The highest BCUT2D eigenvalue weighted by Gasteiger charge is 2.13. The van der Waals surface area contributed by atoms with Gasteiger partial charge >= 0.3 is 5.69 Å². The van der Waals surface area contributed by atoms with Crippen LogP contribution in [-0.2, 0) is 11.5 Å². The number of nitrogens with zero attached hydrogens (tertiary/aromatic N) is 1. The average Bonchev–Trinajstić information content (AvgIpc) is 2.23. The van der Waals surface area contributed by atoms with Gasteiger partial charge in [0.2, 0.25) is 0 Å². The van der Waals surface area contributed by atoms with Crippen LogP contribution in [0.2, 0.25) is 30.8 Å². The van der Waals surface area contributed by atoms with Crippen molar-refractivity contribution in [1.29, 1.82) is 0 Å². The molecule has 1 N–H and O–H groups in total. The van der Waals surface area contributed by atoms with E-state index in [1.54, 1.807) is 6.92 Å². The molecule has 0 saturated carbocycles. The predicted molar refractivity (Wildman–Crippen MR) is 75.2 cm³/mol. The van der Waals surface area contributed by atoms with Crippen LogP contribution in [0.1, 0.15) is 5.56 Å². The van der Waals surface area contributed by atoms with Gasteiger partial charge < -0.3 is 4.74 Å². The first-order valence-electron chi connectivity index (χ1n) is 5.79. The summed E-state index contributed by atoms with van der Waals surface area (Å²) in [4.78, 5) is 25.0. The normalized spacial score (nSPS) is 11.8. The lowest BCUT2D eigenvalue weighted by atomic mass is 10.4. The van der Waals surface area contributed by atoms with Gasteiger partial charge in [0.25, 0.3) is 5.56 Å². The van der Waals surface area contributed by atoms with Gasteiger partial charge in [-0.3, -0.25) is 14.3 Å². The molecular weight excluding hydrogens is 272 g/mol. The minimum absolute atomic E-state index is 0.0692. The zero-order valence-electron chi connectivity index (χ0n) is 11.2. The van der Waals surface area contributed by atoms with Crippen molar-refractivity contribution >= 4 is 19.7 Å². The van der Waals surface area contributed by atoms with Crippen molar-refractivity contribution < 1.29 is 4.74 Å². The fraction of sp³-hybridized carbons (Fsp3) is 0.636. The van der Waals surface area contributed by atoms with Gasteiger partial charge in [-0.05, 0) is 13.0 Å². The molecule has 0 saturated heterocycles. The monoisotopic (exact) mass is 290 g/mol. The fourth-order valence-corrected chi connectivity index (χ4v) is 2.26. The summed E-state index contributed by atoms with van der Waals surface area (Å²) in [5, 5.41) is 0.136. The van der Waals surface area contributed by atoms with E-state index < -0.39 is 19.3 Å². The van der Waals surface area contributed by atoms with E-state index in [0.29, 0.717) is 12.2 Å². The highest BCUT2D eigenvalue weighted by Crippen LogP contribution is 2.10. The summed E-state index contributed by atoms with van der Waals surface area (Å²) in [7, 11) is -1.15. The number of H-pyrrole nitrogens is 1. The molecule has 0 radical (unpaired) electrons. The van der Waals surface area contributed by atoms with Crippen LogP contribution in [0.5, 0.6) is 0 Å². The lowest BCUT2D eigenvalue weighted by molar-refractivity contribution is 0.0837. The molecule has 1 heterocycles. The molecule has 0 unspecified atom stereocenters. The molecule has 102 valence electrons. The molecule has 0 aliphatic rings. The Balaban J connectivity index is 2.72. The number of aromatic amines is 1. The quantitative estimate of drug-likeness (QED) is 0.511. The molecule has 1 aromatic heterocycles. The second kappa shape index (κ2) is 5.86. The van der Waals surface area contributed by atoms with Gasteiger partial charge in [0.1, 0.15) is 11.9 Å². The van der Waals surface area contributed by atoms with Crippen molar-refractivity contribution in [2.45, 2.75) is 39.3 Å². The number of ether oxygens (including phenoxy) is 1. The van der Waals surface area contributed by atoms with Crippen molar-refractivity contribution in [3.63, 3.8) is 0 Å². The molecule has 0 bridgehead atoms. The standard InChI is InChI=1S/C11H19ClN2O3Si/c1-8-9(12)14(11(16)13-10(8)15)7-17-5-6-18(2,3)4/h5-7H2,1-4H3,(H,13,15,16). The second-order valence-electron chi connectivity index (χ2n) is 5.45. The number of rotatable bonds is 5. The highest BCUT2D eigenvalue weighted by atomic mass is 35.5. The largest absolute Gasteiger partial charge is 0.361 e. The molecule has 5 nitrogen and oxygen atoms in total. The van der Waals surface area contributed by atoms with Crippen LogP contribution < -0.4 is 11.2 Å². The molecule has 18 heavy (non-hydrogen) atoms. The topological polar surface area (TPSA) is 64.1 Å². The van der Waals surface area contributed by atoms with Gasteiger partial charge in [-0.15, -0.1) is 0 Å². The summed E-state index contributed by atoms with van der Waals surface area (Å²) in [6.07, 6.45) is 0. The number of halogens is 1. The molecule has 0 aliphatic carbocycles. The Morgan fingerprint density at radius 2 is 1.94 bits per heavy atom. The summed E-state index contributed by atoms with van der Waals surface area (Å²) >= 11 is 5.94. The molecule has 0 aromatic carbocycles. The van der Waals surface area contributed by atoms with Gasteiger partial charge in [-0.25, -0.2) is 4.79 Å². The number of aromatic nitrogens is 2. The van der Waals surface area contributed by atoms with Crippen molar-refractivity contribution in [3.8, 4) is 0 Å². The maximum Gasteiger partial charge on any atom is 0.331 e. The second-order valence-corrected chi connectivity index (χ2v) is 11.4. The molecular formula is C11H19ClN2O3Si. The molecule has 0 atom stereocenters. The molecule has 1 aromatic rings. The minimum atomic E-state index is -1.15. The molecule has 0 fully saturated rings. The maximum atomic E-state index is 11.6. The van der Waals surface area contributed by atoms with Crippen LogP contribution in [0.25, 0.3) is 0 Å². The zero-order chi connectivity index (χ0) is 13.9. The van der Waals surface area contributed by atoms with Crippen LogP contribution in [0, 0.1) is 6.92 Å². The summed E-state index contributed by atoms with van der Waals surface area (Å²) in [6, 6.07) is 1.02. The highest BCUT2D eigenvalue weighted by molar-refractivity contribution is 6.76. The van der Waals surface area contributed by atoms with E-state index in [2.05, 4.69) is 24.6 Å². The Hall–Kier alpha value is -0.853. The lowest BCUT2D eigenvalue weighted by Crippen LogP contribution is -2.33. The first-order valence-corrected chi connectivity index (χ1v) is 9.88. The van der Waals surface area contributed by atoms with Crippen LogP contribution >= 0.6 is 11.6 Å². The van der Waals surface area contributed by atoms with Crippen LogP contribution in [0.15, 0.2) is 9.59 Å².